The van der Waals surface area contributed by atoms with Gasteiger partial charge >= 0.3 is 6.18 Å². The smallest absolute Gasteiger partial charge is 0.353 e. The Balaban J connectivity index is 2.00. The lowest BCUT2D eigenvalue weighted by Gasteiger charge is -2.43. The fourth-order valence-electron chi connectivity index (χ4n) is 2.32. The van der Waals surface area contributed by atoms with E-state index in [1.165, 1.54) is 6.07 Å². The first-order valence-corrected chi connectivity index (χ1v) is 6.85. The molecule has 2 heterocycles. The maximum Gasteiger partial charge on any atom is 0.435 e. The highest BCUT2D eigenvalue weighted by Gasteiger charge is 2.33. The summed E-state index contributed by atoms with van der Waals surface area (Å²) in [7, 11) is 0. The summed E-state index contributed by atoms with van der Waals surface area (Å²) in [4.78, 5) is 4.22. The predicted octanol–water partition coefficient (Wildman–Crippen LogP) is 1.35. The van der Waals surface area contributed by atoms with E-state index < -0.39 is 11.9 Å². The molecule has 0 unspecified atom stereocenters. The molecule has 0 aliphatic carbocycles. The third-order valence-electron chi connectivity index (χ3n) is 3.90. The standard InChI is InChI=1S/C13H20F3N5/c1-12(2,9-17)21-7-5-20(6-8-21)11-4-3-10(18-19-11)13(14,15)16/h3-4H,5-9,17H2,1-2H3. The highest BCUT2D eigenvalue weighted by Crippen LogP contribution is 2.27. The molecule has 0 amide bonds. The van der Waals surface area contributed by atoms with Crippen LogP contribution in [0.1, 0.15) is 19.5 Å². The van der Waals surface area contributed by atoms with Crippen LogP contribution in [0, 0.1) is 0 Å². The summed E-state index contributed by atoms with van der Waals surface area (Å²) in [6.07, 6.45) is -4.45. The average molecular weight is 303 g/mol. The van der Waals surface area contributed by atoms with Crippen LogP contribution in [-0.2, 0) is 6.18 Å². The van der Waals surface area contributed by atoms with Gasteiger partial charge in [0.25, 0.3) is 0 Å². The van der Waals surface area contributed by atoms with Gasteiger partial charge in [-0.3, -0.25) is 4.90 Å². The van der Waals surface area contributed by atoms with E-state index in [0.29, 0.717) is 25.5 Å². The summed E-state index contributed by atoms with van der Waals surface area (Å²) in [5, 5.41) is 6.95. The van der Waals surface area contributed by atoms with E-state index in [0.717, 1.165) is 19.2 Å². The van der Waals surface area contributed by atoms with Crippen molar-refractivity contribution in [2.75, 3.05) is 37.6 Å². The Morgan fingerprint density at radius 3 is 2.14 bits per heavy atom. The van der Waals surface area contributed by atoms with Gasteiger partial charge in [-0.25, -0.2) is 0 Å². The molecule has 1 fully saturated rings. The molecule has 1 aromatic rings. The first-order valence-electron chi connectivity index (χ1n) is 6.85. The molecule has 0 bridgehead atoms. The Morgan fingerprint density at radius 1 is 1.10 bits per heavy atom. The summed E-state index contributed by atoms with van der Waals surface area (Å²) in [5.41, 5.74) is 4.72. The van der Waals surface area contributed by atoms with E-state index in [-0.39, 0.29) is 5.54 Å². The van der Waals surface area contributed by atoms with Crippen LogP contribution in [0.2, 0.25) is 0 Å². The van der Waals surface area contributed by atoms with Crippen molar-refractivity contribution >= 4 is 5.82 Å². The minimum Gasteiger partial charge on any atom is -0.353 e. The SMILES string of the molecule is CC(C)(CN)N1CCN(c2ccc(C(F)(F)F)nn2)CC1. The number of halogens is 3. The van der Waals surface area contributed by atoms with Crippen LogP contribution >= 0.6 is 0 Å². The molecule has 5 nitrogen and oxygen atoms in total. The molecule has 21 heavy (non-hydrogen) atoms. The minimum absolute atomic E-state index is 0.0715. The zero-order chi connectivity index (χ0) is 15.7. The molecular weight excluding hydrogens is 283 g/mol. The van der Waals surface area contributed by atoms with Gasteiger partial charge in [-0.1, -0.05) is 0 Å². The van der Waals surface area contributed by atoms with E-state index in [1.807, 2.05) is 4.90 Å². The number of alkyl halides is 3. The van der Waals surface area contributed by atoms with Gasteiger partial charge in [0, 0.05) is 38.3 Å². The normalized spacial score (nSPS) is 18.1. The number of piperazine rings is 1. The molecule has 0 radical (unpaired) electrons. The van der Waals surface area contributed by atoms with Crippen LogP contribution < -0.4 is 10.6 Å². The molecule has 1 aromatic heterocycles. The van der Waals surface area contributed by atoms with Crippen molar-refractivity contribution in [2.45, 2.75) is 25.6 Å². The quantitative estimate of drug-likeness (QED) is 0.913. The maximum atomic E-state index is 12.4. The number of aromatic nitrogens is 2. The number of nitrogens with two attached hydrogens (primary N) is 1. The largest absolute Gasteiger partial charge is 0.435 e. The Hall–Kier alpha value is -1.41. The van der Waals surface area contributed by atoms with Gasteiger partial charge in [-0.2, -0.15) is 13.2 Å². The van der Waals surface area contributed by atoms with Gasteiger partial charge in [0.05, 0.1) is 0 Å². The summed E-state index contributed by atoms with van der Waals surface area (Å²) in [6, 6.07) is 2.35. The van der Waals surface area contributed by atoms with Crippen LogP contribution in [0.15, 0.2) is 12.1 Å². The number of anilines is 1. The lowest BCUT2D eigenvalue weighted by molar-refractivity contribution is -0.141. The average Bonchev–Trinajstić information content (AvgIpc) is 2.47. The highest BCUT2D eigenvalue weighted by atomic mass is 19.4. The molecule has 8 heteroatoms. The van der Waals surface area contributed by atoms with Crippen molar-refractivity contribution in [3.05, 3.63) is 17.8 Å². The number of hydrogen-bond acceptors (Lipinski definition) is 5. The van der Waals surface area contributed by atoms with Gasteiger partial charge in [0.15, 0.2) is 11.5 Å². The van der Waals surface area contributed by atoms with Crippen LogP contribution in [0.25, 0.3) is 0 Å². The number of hydrogen-bond donors (Lipinski definition) is 1. The first kappa shape index (κ1) is 16.0. The summed E-state index contributed by atoms with van der Waals surface area (Å²) >= 11 is 0. The number of nitrogens with zero attached hydrogens (tertiary/aromatic N) is 4. The predicted molar refractivity (Wildman–Crippen MR) is 74.0 cm³/mol. The van der Waals surface area contributed by atoms with Gasteiger partial charge < -0.3 is 10.6 Å². The molecule has 1 saturated heterocycles. The zero-order valence-corrected chi connectivity index (χ0v) is 12.2. The Morgan fingerprint density at radius 2 is 1.71 bits per heavy atom. The zero-order valence-electron chi connectivity index (χ0n) is 12.2. The second-order valence-corrected chi connectivity index (χ2v) is 5.77. The molecular formula is C13H20F3N5. The summed E-state index contributed by atoms with van der Waals surface area (Å²) in [6.45, 7) is 7.72. The fraction of sp³-hybridized carbons (Fsp3) is 0.692. The highest BCUT2D eigenvalue weighted by molar-refractivity contribution is 5.38. The third kappa shape index (κ3) is 3.62. The topological polar surface area (TPSA) is 58.3 Å². The van der Waals surface area contributed by atoms with Crippen molar-refractivity contribution in [1.29, 1.82) is 0 Å². The third-order valence-corrected chi connectivity index (χ3v) is 3.90. The van der Waals surface area contributed by atoms with E-state index in [2.05, 4.69) is 28.9 Å². The molecule has 1 aliphatic heterocycles. The van der Waals surface area contributed by atoms with Crippen molar-refractivity contribution in [1.82, 2.24) is 15.1 Å². The van der Waals surface area contributed by atoms with Crippen LogP contribution in [0.5, 0.6) is 0 Å². The Kier molecular flexibility index (Phi) is 4.38. The molecule has 0 spiro atoms. The van der Waals surface area contributed by atoms with Gasteiger partial charge in [0.2, 0.25) is 0 Å². The van der Waals surface area contributed by atoms with Crippen molar-refractivity contribution in [2.24, 2.45) is 5.73 Å². The van der Waals surface area contributed by atoms with Crippen LogP contribution in [0.4, 0.5) is 19.0 Å². The second-order valence-electron chi connectivity index (χ2n) is 5.77. The molecule has 2 rings (SSSR count). The lowest BCUT2D eigenvalue weighted by atomic mass is 10.0. The van der Waals surface area contributed by atoms with Crippen LogP contribution in [-0.4, -0.2) is 53.4 Å². The van der Waals surface area contributed by atoms with E-state index in [9.17, 15) is 13.2 Å². The van der Waals surface area contributed by atoms with Crippen LogP contribution in [0.3, 0.4) is 0 Å². The van der Waals surface area contributed by atoms with Gasteiger partial charge in [-0.05, 0) is 26.0 Å². The monoisotopic (exact) mass is 303 g/mol. The fourth-order valence-corrected chi connectivity index (χ4v) is 2.32. The maximum absolute atomic E-state index is 12.4. The number of rotatable bonds is 3. The summed E-state index contributed by atoms with van der Waals surface area (Å²) < 4.78 is 37.3. The second kappa shape index (κ2) is 5.76. The molecule has 0 atom stereocenters. The molecule has 0 saturated carbocycles. The van der Waals surface area contributed by atoms with E-state index in [1.54, 1.807) is 0 Å². The van der Waals surface area contributed by atoms with Gasteiger partial charge in [-0.15, -0.1) is 10.2 Å². The first-order chi connectivity index (χ1) is 9.74. The Bertz CT molecular complexity index is 464. The van der Waals surface area contributed by atoms with Crippen molar-refractivity contribution < 1.29 is 13.2 Å². The lowest BCUT2D eigenvalue weighted by Crippen LogP contribution is -2.57. The molecule has 118 valence electrons. The molecule has 0 aromatic carbocycles. The van der Waals surface area contributed by atoms with Crippen molar-refractivity contribution in [3.8, 4) is 0 Å². The minimum atomic E-state index is -4.45. The van der Waals surface area contributed by atoms with Crippen molar-refractivity contribution in [3.63, 3.8) is 0 Å². The Labute approximate surface area is 121 Å². The van der Waals surface area contributed by atoms with E-state index >= 15 is 0 Å². The van der Waals surface area contributed by atoms with Gasteiger partial charge in [0.1, 0.15) is 0 Å². The summed E-state index contributed by atoms with van der Waals surface area (Å²) in [5.74, 6) is 0.480. The van der Waals surface area contributed by atoms with E-state index in [4.69, 9.17) is 5.73 Å². The molecule has 2 N–H and O–H groups in total. The molecule has 1 aliphatic rings.